The second-order valence-corrected chi connectivity index (χ2v) is 7.64. The number of rotatable bonds is 9. The first-order chi connectivity index (χ1) is 11.6. The predicted octanol–water partition coefficient (Wildman–Crippen LogP) is 2.15. The van der Waals surface area contributed by atoms with Crippen LogP contribution in [0.1, 0.15) is 33.1 Å². The average molecular weight is 356 g/mol. The molecule has 1 aliphatic rings. The Morgan fingerprint density at radius 2 is 1.96 bits per heavy atom. The van der Waals surface area contributed by atoms with Crippen LogP contribution in [-0.2, 0) is 10.0 Å². The van der Waals surface area contributed by atoms with Gasteiger partial charge in [0.1, 0.15) is 0 Å². The van der Waals surface area contributed by atoms with E-state index in [1.54, 1.807) is 12.1 Å². The Morgan fingerprint density at radius 3 is 2.62 bits per heavy atom. The van der Waals surface area contributed by atoms with E-state index in [0.29, 0.717) is 37.2 Å². The van der Waals surface area contributed by atoms with Crippen molar-refractivity contribution >= 4 is 10.0 Å². The molecule has 0 radical (unpaired) electrons. The van der Waals surface area contributed by atoms with Gasteiger partial charge in [-0.25, -0.2) is 13.1 Å². The second kappa shape index (κ2) is 9.25. The highest BCUT2D eigenvalue weighted by Gasteiger charge is 2.18. The van der Waals surface area contributed by atoms with Crippen LogP contribution in [0.15, 0.2) is 23.1 Å². The van der Waals surface area contributed by atoms with Crippen LogP contribution in [0.3, 0.4) is 0 Å². The fourth-order valence-electron chi connectivity index (χ4n) is 2.85. The minimum atomic E-state index is -3.54. The normalized spacial score (nSPS) is 18.3. The monoisotopic (exact) mass is 356 g/mol. The fourth-order valence-corrected chi connectivity index (χ4v) is 3.91. The van der Waals surface area contributed by atoms with Crippen molar-refractivity contribution in [3.63, 3.8) is 0 Å². The molecule has 0 aromatic heterocycles. The maximum atomic E-state index is 12.5. The van der Waals surface area contributed by atoms with Crippen molar-refractivity contribution in [2.45, 2.75) is 38.0 Å². The van der Waals surface area contributed by atoms with Gasteiger partial charge in [0.05, 0.1) is 18.1 Å². The van der Waals surface area contributed by atoms with Crippen molar-refractivity contribution in [3.8, 4) is 11.5 Å². The molecule has 0 aliphatic carbocycles. The van der Waals surface area contributed by atoms with Crippen LogP contribution in [0.4, 0.5) is 0 Å². The lowest BCUT2D eigenvalue weighted by atomic mass is 9.96. The van der Waals surface area contributed by atoms with Gasteiger partial charge in [-0.15, -0.1) is 0 Å². The Hall–Kier alpha value is -1.31. The van der Waals surface area contributed by atoms with Gasteiger partial charge in [-0.2, -0.15) is 0 Å². The molecule has 1 heterocycles. The minimum Gasteiger partial charge on any atom is -0.490 e. The molecular weight excluding hydrogens is 328 g/mol. The van der Waals surface area contributed by atoms with Crippen molar-refractivity contribution in [2.75, 3.05) is 32.8 Å². The number of sulfonamides is 1. The number of piperidine rings is 1. The number of hydrogen-bond acceptors (Lipinski definition) is 5. The summed E-state index contributed by atoms with van der Waals surface area (Å²) in [6, 6.07) is 4.73. The molecule has 1 fully saturated rings. The van der Waals surface area contributed by atoms with E-state index < -0.39 is 10.0 Å². The SMILES string of the molecule is CCOc1ccc(S(=O)(=O)NCCC2CCCNC2)cc1OCC. The molecule has 0 saturated carbocycles. The summed E-state index contributed by atoms with van der Waals surface area (Å²) in [5, 5.41) is 3.35. The summed E-state index contributed by atoms with van der Waals surface area (Å²) in [4.78, 5) is 0.205. The van der Waals surface area contributed by atoms with E-state index in [2.05, 4.69) is 10.0 Å². The van der Waals surface area contributed by atoms with Crippen LogP contribution >= 0.6 is 0 Å². The third-order valence-electron chi connectivity index (χ3n) is 4.07. The van der Waals surface area contributed by atoms with Crippen LogP contribution < -0.4 is 19.5 Å². The lowest BCUT2D eigenvalue weighted by molar-refractivity contribution is 0.287. The van der Waals surface area contributed by atoms with Crippen molar-refractivity contribution in [1.82, 2.24) is 10.0 Å². The summed E-state index contributed by atoms with van der Waals surface area (Å²) in [5.41, 5.74) is 0. The van der Waals surface area contributed by atoms with E-state index in [1.165, 1.54) is 6.07 Å². The Bertz CT molecular complexity index is 613. The Kier molecular flexibility index (Phi) is 7.33. The Morgan fingerprint density at radius 1 is 1.21 bits per heavy atom. The summed E-state index contributed by atoms with van der Waals surface area (Å²) in [6.45, 7) is 7.17. The molecule has 1 aromatic carbocycles. The molecule has 136 valence electrons. The molecule has 1 atom stereocenters. The van der Waals surface area contributed by atoms with Gasteiger partial charge in [0.2, 0.25) is 10.0 Å². The van der Waals surface area contributed by atoms with Gasteiger partial charge in [0.25, 0.3) is 0 Å². The number of ether oxygens (including phenoxy) is 2. The maximum Gasteiger partial charge on any atom is 0.240 e. The summed E-state index contributed by atoms with van der Waals surface area (Å²) in [7, 11) is -3.54. The van der Waals surface area contributed by atoms with Crippen LogP contribution in [0.5, 0.6) is 11.5 Å². The molecule has 0 amide bonds. The molecule has 1 unspecified atom stereocenters. The summed E-state index contributed by atoms with van der Waals surface area (Å²) < 4.78 is 38.6. The van der Waals surface area contributed by atoms with E-state index in [0.717, 1.165) is 32.4 Å². The molecule has 7 heteroatoms. The van der Waals surface area contributed by atoms with Gasteiger partial charge >= 0.3 is 0 Å². The standard InChI is InChI=1S/C17H28N2O4S/c1-3-22-16-8-7-15(12-17(16)23-4-2)24(20,21)19-11-9-14-6-5-10-18-13-14/h7-8,12,14,18-19H,3-6,9-11,13H2,1-2H3. The van der Waals surface area contributed by atoms with Crippen molar-refractivity contribution in [2.24, 2.45) is 5.92 Å². The van der Waals surface area contributed by atoms with Gasteiger partial charge in [-0.1, -0.05) is 0 Å². The van der Waals surface area contributed by atoms with Crippen LogP contribution in [0, 0.1) is 5.92 Å². The smallest absolute Gasteiger partial charge is 0.240 e. The van der Waals surface area contributed by atoms with E-state index >= 15 is 0 Å². The number of hydrogen-bond donors (Lipinski definition) is 2. The van der Waals surface area contributed by atoms with Crippen LogP contribution in [0.25, 0.3) is 0 Å². The summed E-state index contributed by atoms with van der Waals surface area (Å²) in [6.07, 6.45) is 3.17. The quantitative estimate of drug-likeness (QED) is 0.709. The van der Waals surface area contributed by atoms with E-state index in [4.69, 9.17) is 9.47 Å². The predicted molar refractivity (Wildman–Crippen MR) is 94.2 cm³/mol. The average Bonchev–Trinajstić information content (AvgIpc) is 2.57. The highest BCUT2D eigenvalue weighted by Crippen LogP contribution is 2.30. The third kappa shape index (κ3) is 5.36. The molecule has 0 bridgehead atoms. The molecule has 1 aliphatic heterocycles. The fraction of sp³-hybridized carbons (Fsp3) is 0.647. The van der Waals surface area contributed by atoms with Gasteiger partial charge in [0, 0.05) is 12.6 Å². The maximum absolute atomic E-state index is 12.5. The largest absolute Gasteiger partial charge is 0.490 e. The molecule has 2 N–H and O–H groups in total. The third-order valence-corrected chi connectivity index (χ3v) is 5.53. The number of benzene rings is 1. The van der Waals surface area contributed by atoms with Crippen LogP contribution in [0.2, 0.25) is 0 Å². The topological polar surface area (TPSA) is 76.7 Å². The first-order valence-electron chi connectivity index (χ1n) is 8.66. The van der Waals surface area contributed by atoms with Gasteiger partial charge in [0.15, 0.2) is 11.5 Å². The zero-order valence-corrected chi connectivity index (χ0v) is 15.3. The summed E-state index contributed by atoms with van der Waals surface area (Å²) >= 11 is 0. The minimum absolute atomic E-state index is 0.205. The second-order valence-electron chi connectivity index (χ2n) is 5.87. The lowest BCUT2D eigenvalue weighted by Crippen LogP contribution is -2.33. The van der Waals surface area contributed by atoms with Gasteiger partial charge in [-0.05, 0) is 64.3 Å². The highest BCUT2D eigenvalue weighted by molar-refractivity contribution is 7.89. The van der Waals surface area contributed by atoms with Crippen molar-refractivity contribution in [1.29, 1.82) is 0 Å². The molecule has 1 saturated heterocycles. The Balaban J connectivity index is 2.00. The summed E-state index contributed by atoms with van der Waals surface area (Å²) in [5.74, 6) is 1.56. The molecule has 24 heavy (non-hydrogen) atoms. The highest BCUT2D eigenvalue weighted by atomic mass is 32.2. The Labute approximate surface area is 145 Å². The number of nitrogens with one attached hydrogen (secondary N) is 2. The zero-order chi connectivity index (χ0) is 17.4. The molecule has 1 aromatic rings. The molecule has 2 rings (SSSR count). The van der Waals surface area contributed by atoms with E-state index in [9.17, 15) is 8.42 Å². The molecule has 0 spiro atoms. The molecule has 6 nitrogen and oxygen atoms in total. The lowest BCUT2D eigenvalue weighted by Gasteiger charge is -2.22. The van der Waals surface area contributed by atoms with Gasteiger partial charge < -0.3 is 14.8 Å². The molecular formula is C17H28N2O4S. The van der Waals surface area contributed by atoms with Crippen molar-refractivity contribution in [3.05, 3.63) is 18.2 Å². The van der Waals surface area contributed by atoms with Gasteiger partial charge in [-0.3, -0.25) is 0 Å². The van der Waals surface area contributed by atoms with Crippen molar-refractivity contribution < 1.29 is 17.9 Å². The zero-order valence-electron chi connectivity index (χ0n) is 14.5. The van der Waals surface area contributed by atoms with Crippen LogP contribution in [-0.4, -0.2) is 41.3 Å². The van der Waals surface area contributed by atoms with E-state index in [1.807, 2.05) is 13.8 Å². The first-order valence-corrected chi connectivity index (χ1v) is 10.1. The van der Waals surface area contributed by atoms with E-state index in [-0.39, 0.29) is 4.90 Å². The first kappa shape index (κ1) is 19.0.